The Labute approximate surface area is 138 Å². The zero-order chi connectivity index (χ0) is 16.7. The molecule has 23 heavy (non-hydrogen) atoms. The van der Waals surface area contributed by atoms with Crippen molar-refractivity contribution in [1.29, 1.82) is 0 Å². The number of halogens is 1. The molecule has 4 nitrogen and oxygen atoms in total. The molecule has 1 unspecified atom stereocenters. The largest absolute Gasteiger partial charge is 0.354 e. The van der Waals surface area contributed by atoms with Crippen LogP contribution in [0, 0.1) is 11.7 Å². The van der Waals surface area contributed by atoms with Crippen molar-refractivity contribution in [2.45, 2.75) is 31.7 Å². The molecule has 1 aromatic carbocycles. The molecule has 2 rings (SSSR count). The van der Waals surface area contributed by atoms with Crippen molar-refractivity contribution in [3.8, 4) is 0 Å². The minimum atomic E-state index is -0.239. The highest BCUT2D eigenvalue weighted by atomic mass is 19.1. The van der Waals surface area contributed by atoms with Gasteiger partial charge < -0.3 is 15.5 Å². The maximum Gasteiger partial charge on any atom is 0.220 e. The van der Waals surface area contributed by atoms with Crippen molar-refractivity contribution >= 4 is 5.91 Å². The number of rotatable bonds is 7. The molecule has 1 saturated heterocycles. The summed E-state index contributed by atoms with van der Waals surface area (Å²) in [6.07, 6.45) is 3.90. The van der Waals surface area contributed by atoms with Gasteiger partial charge in [-0.05, 0) is 70.1 Å². The molecular formula is C18H28FN3O. The highest BCUT2D eigenvalue weighted by Crippen LogP contribution is 2.19. The molecular weight excluding hydrogens is 293 g/mol. The fourth-order valence-electron chi connectivity index (χ4n) is 3.09. The summed E-state index contributed by atoms with van der Waals surface area (Å²) >= 11 is 0. The highest BCUT2D eigenvalue weighted by molar-refractivity contribution is 5.75. The second-order valence-electron chi connectivity index (χ2n) is 6.57. The van der Waals surface area contributed by atoms with Crippen molar-refractivity contribution in [3.05, 3.63) is 35.6 Å². The Morgan fingerprint density at radius 3 is 2.57 bits per heavy atom. The van der Waals surface area contributed by atoms with Crippen LogP contribution in [0.25, 0.3) is 0 Å². The summed E-state index contributed by atoms with van der Waals surface area (Å²) in [7, 11) is 3.93. The molecule has 1 aliphatic heterocycles. The molecule has 2 N–H and O–H groups in total. The highest BCUT2D eigenvalue weighted by Gasteiger charge is 2.17. The molecule has 1 fully saturated rings. The Morgan fingerprint density at radius 1 is 1.30 bits per heavy atom. The Bertz CT molecular complexity index is 484. The predicted octanol–water partition coefficient (Wildman–Crippen LogP) is 2.32. The molecule has 0 bridgehead atoms. The summed E-state index contributed by atoms with van der Waals surface area (Å²) in [5.41, 5.74) is 1.01. The van der Waals surface area contributed by atoms with Gasteiger partial charge in [-0.3, -0.25) is 4.79 Å². The van der Waals surface area contributed by atoms with E-state index in [4.69, 9.17) is 0 Å². The second-order valence-corrected chi connectivity index (χ2v) is 6.57. The fraction of sp³-hybridized carbons (Fsp3) is 0.611. The number of benzene rings is 1. The zero-order valence-corrected chi connectivity index (χ0v) is 14.1. The summed E-state index contributed by atoms with van der Waals surface area (Å²) < 4.78 is 13.1. The van der Waals surface area contributed by atoms with E-state index in [9.17, 15) is 9.18 Å². The van der Waals surface area contributed by atoms with E-state index in [1.54, 1.807) is 12.1 Å². The van der Waals surface area contributed by atoms with Crippen LogP contribution in [0.4, 0.5) is 4.39 Å². The van der Waals surface area contributed by atoms with Crippen molar-refractivity contribution in [1.82, 2.24) is 15.5 Å². The molecule has 5 heteroatoms. The van der Waals surface area contributed by atoms with Gasteiger partial charge in [-0.25, -0.2) is 4.39 Å². The van der Waals surface area contributed by atoms with Crippen molar-refractivity contribution in [2.24, 2.45) is 5.92 Å². The maximum absolute atomic E-state index is 13.1. The van der Waals surface area contributed by atoms with Gasteiger partial charge in [0.2, 0.25) is 5.91 Å². The number of amides is 1. The molecule has 0 radical (unpaired) electrons. The Morgan fingerprint density at radius 2 is 1.96 bits per heavy atom. The number of hydrogen-bond donors (Lipinski definition) is 2. The van der Waals surface area contributed by atoms with Gasteiger partial charge in [0.15, 0.2) is 0 Å². The van der Waals surface area contributed by atoms with Crippen LogP contribution in [0.1, 0.15) is 37.3 Å². The Hall–Kier alpha value is -1.46. The SMILES string of the molecule is CN(C)C(CNC(=O)CCC1CCNCC1)c1ccc(F)cc1. The first-order valence-corrected chi connectivity index (χ1v) is 8.45. The molecule has 1 heterocycles. The first kappa shape index (κ1) is 17.9. The van der Waals surface area contributed by atoms with Gasteiger partial charge in [0.05, 0.1) is 6.04 Å². The number of hydrogen-bond acceptors (Lipinski definition) is 3. The molecule has 0 spiro atoms. The number of nitrogens with one attached hydrogen (secondary N) is 2. The minimum absolute atomic E-state index is 0.0541. The smallest absolute Gasteiger partial charge is 0.220 e. The molecule has 1 aromatic rings. The average Bonchev–Trinajstić information content (AvgIpc) is 2.55. The Balaban J connectivity index is 1.78. The van der Waals surface area contributed by atoms with E-state index < -0.39 is 0 Å². The van der Waals surface area contributed by atoms with E-state index in [1.165, 1.54) is 25.0 Å². The lowest BCUT2D eigenvalue weighted by Crippen LogP contribution is -2.35. The first-order chi connectivity index (χ1) is 11.1. The van der Waals surface area contributed by atoms with Crippen molar-refractivity contribution in [2.75, 3.05) is 33.7 Å². The number of carbonyl (C=O) groups excluding carboxylic acids is 1. The molecule has 128 valence electrons. The molecule has 1 atom stereocenters. The van der Waals surface area contributed by atoms with Crippen LogP contribution >= 0.6 is 0 Å². The van der Waals surface area contributed by atoms with Crippen LogP contribution in [0.3, 0.4) is 0 Å². The van der Waals surface area contributed by atoms with Gasteiger partial charge in [-0.15, -0.1) is 0 Å². The van der Waals surface area contributed by atoms with Gasteiger partial charge in [0, 0.05) is 13.0 Å². The van der Waals surface area contributed by atoms with Gasteiger partial charge in [0.25, 0.3) is 0 Å². The summed E-state index contributed by atoms with van der Waals surface area (Å²) in [6.45, 7) is 2.68. The zero-order valence-electron chi connectivity index (χ0n) is 14.1. The third-order valence-corrected chi connectivity index (χ3v) is 4.61. The second kappa shape index (κ2) is 8.99. The van der Waals surface area contributed by atoms with Gasteiger partial charge in [-0.1, -0.05) is 12.1 Å². The third-order valence-electron chi connectivity index (χ3n) is 4.61. The van der Waals surface area contributed by atoms with E-state index in [2.05, 4.69) is 10.6 Å². The molecule has 0 aliphatic carbocycles. The van der Waals surface area contributed by atoms with Crippen molar-refractivity contribution < 1.29 is 9.18 Å². The molecule has 1 amide bonds. The lowest BCUT2D eigenvalue weighted by Gasteiger charge is -2.25. The standard InChI is InChI=1S/C18H28FN3O/c1-22(2)17(15-4-6-16(19)7-5-15)13-21-18(23)8-3-14-9-11-20-12-10-14/h4-7,14,17,20H,3,8-13H2,1-2H3,(H,21,23). The molecule has 0 saturated carbocycles. The van der Waals surface area contributed by atoms with E-state index in [-0.39, 0.29) is 17.8 Å². The summed E-state index contributed by atoms with van der Waals surface area (Å²) in [5.74, 6) is 0.540. The first-order valence-electron chi connectivity index (χ1n) is 8.45. The van der Waals surface area contributed by atoms with E-state index in [1.807, 2.05) is 19.0 Å². The monoisotopic (exact) mass is 321 g/mol. The predicted molar refractivity (Wildman–Crippen MR) is 90.7 cm³/mol. The van der Waals surface area contributed by atoms with Gasteiger partial charge in [-0.2, -0.15) is 0 Å². The number of piperidine rings is 1. The fourth-order valence-corrected chi connectivity index (χ4v) is 3.09. The molecule has 0 aromatic heterocycles. The van der Waals surface area contributed by atoms with Crippen LogP contribution in [0.5, 0.6) is 0 Å². The van der Waals surface area contributed by atoms with Crippen LogP contribution < -0.4 is 10.6 Å². The third kappa shape index (κ3) is 5.92. The van der Waals surface area contributed by atoms with Crippen LogP contribution in [0.2, 0.25) is 0 Å². The van der Waals surface area contributed by atoms with Crippen LogP contribution in [-0.4, -0.2) is 44.5 Å². The van der Waals surface area contributed by atoms with E-state index >= 15 is 0 Å². The van der Waals surface area contributed by atoms with E-state index in [0.717, 1.165) is 25.1 Å². The van der Waals surface area contributed by atoms with Gasteiger partial charge in [0.1, 0.15) is 5.82 Å². The Kier molecular flexibility index (Phi) is 6.99. The lowest BCUT2D eigenvalue weighted by molar-refractivity contribution is -0.121. The lowest BCUT2D eigenvalue weighted by atomic mass is 9.93. The number of likely N-dealkylation sites (N-methyl/N-ethyl adjacent to an activating group) is 1. The quantitative estimate of drug-likeness (QED) is 0.810. The summed E-state index contributed by atoms with van der Waals surface area (Å²) in [4.78, 5) is 14.1. The number of carbonyl (C=O) groups is 1. The topological polar surface area (TPSA) is 44.4 Å². The maximum atomic E-state index is 13.1. The van der Waals surface area contributed by atoms with Gasteiger partial charge >= 0.3 is 0 Å². The molecule has 1 aliphatic rings. The average molecular weight is 321 g/mol. The normalized spacial score (nSPS) is 17.2. The summed E-state index contributed by atoms with van der Waals surface area (Å²) in [5, 5.41) is 6.37. The van der Waals surface area contributed by atoms with Crippen LogP contribution in [-0.2, 0) is 4.79 Å². The summed E-state index contributed by atoms with van der Waals surface area (Å²) in [6, 6.07) is 6.54. The van der Waals surface area contributed by atoms with Crippen molar-refractivity contribution in [3.63, 3.8) is 0 Å². The van der Waals surface area contributed by atoms with E-state index in [0.29, 0.717) is 18.9 Å². The minimum Gasteiger partial charge on any atom is -0.354 e. The van der Waals surface area contributed by atoms with Crippen LogP contribution in [0.15, 0.2) is 24.3 Å². The number of nitrogens with zero attached hydrogens (tertiary/aromatic N) is 1.